The third-order valence-electron chi connectivity index (χ3n) is 3.78. The maximum absolute atomic E-state index is 11.9. The number of aryl methyl sites for hydroxylation is 1. The summed E-state index contributed by atoms with van der Waals surface area (Å²) in [4.78, 5) is 11.9. The molecule has 3 atom stereocenters. The second-order valence-electron chi connectivity index (χ2n) is 5.44. The maximum Gasteiger partial charge on any atom is 0.223 e. The van der Waals surface area contributed by atoms with Gasteiger partial charge < -0.3 is 16.2 Å². The van der Waals surface area contributed by atoms with Crippen molar-refractivity contribution >= 4 is 5.91 Å². The average molecular weight is 262 g/mol. The number of aliphatic hydroxyl groups excluding tert-OH is 1. The van der Waals surface area contributed by atoms with Gasteiger partial charge >= 0.3 is 0 Å². The van der Waals surface area contributed by atoms with Gasteiger partial charge in [-0.25, -0.2) is 0 Å². The normalized spacial score (nSPS) is 24.2. The molecule has 4 nitrogen and oxygen atoms in total. The molecule has 1 fully saturated rings. The van der Waals surface area contributed by atoms with Crippen LogP contribution >= 0.6 is 0 Å². The van der Waals surface area contributed by atoms with Crippen LogP contribution in [-0.4, -0.2) is 23.6 Å². The highest BCUT2D eigenvalue weighted by Gasteiger charge is 2.27. The summed E-state index contributed by atoms with van der Waals surface area (Å²) in [6.45, 7) is 2.26. The quantitative estimate of drug-likeness (QED) is 0.765. The molecule has 19 heavy (non-hydrogen) atoms. The number of rotatable bonds is 4. The van der Waals surface area contributed by atoms with Crippen molar-refractivity contribution in [2.45, 2.75) is 38.3 Å². The molecule has 1 aromatic rings. The van der Waals surface area contributed by atoms with Crippen LogP contribution in [0, 0.1) is 12.8 Å². The number of benzene rings is 1. The Bertz CT molecular complexity index is 430. The van der Waals surface area contributed by atoms with Gasteiger partial charge in [0.05, 0.1) is 6.10 Å². The highest BCUT2D eigenvalue weighted by molar-refractivity contribution is 5.79. The predicted molar refractivity (Wildman–Crippen MR) is 74.5 cm³/mol. The van der Waals surface area contributed by atoms with E-state index in [0.717, 1.165) is 30.4 Å². The van der Waals surface area contributed by atoms with E-state index in [0.29, 0.717) is 0 Å². The lowest BCUT2D eigenvalue weighted by molar-refractivity contribution is -0.125. The maximum atomic E-state index is 11.9. The van der Waals surface area contributed by atoms with E-state index in [1.807, 2.05) is 31.2 Å². The Labute approximate surface area is 114 Å². The third kappa shape index (κ3) is 3.78. The molecule has 3 unspecified atom stereocenters. The van der Waals surface area contributed by atoms with Crippen LogP contribution in [0.4, 0.5) is 0 Å². The molecule has 0 bridgehead atoms. The fourth-order valence-electron chi connectivity index (χ4n) is 2.50. The first-order valence-electron chi connectivity index (χ1n) is 6.84. The highest BCUT2D eigenvalue weighted by atomic mass is 16.3. The first-order chi connectivity index (χ1) is 9.06. The number of amides is 1. The number of hydrogen-bond acceptors (Lipinski definition) is 3. The van der Waals surface area contributed by atoms with Crippen LogP contribution < -0.4 is 11.1 Å². The Morgan fingerprint density at radius 2 is 2.11 bits per heavy atom. The van der Waals surface area contributed by atoms with Gasteiger partial charge in [0.25, 0.3) is 0 Å². The Balaban J connectivity index is 1.81. The molecule has 0 radical (unpaired) electrons. The van der Waals surface area contributed by atoms with Crippen molar-refractivity contribution in [3.63, 3.8) is 0 Å². The molecule has 1 amide bonds. The van der Waals surface area contributed by atoms with Crippen LogP contribution in [0.3, 0.4) is 0 Å². The molecule has 0 saturated heterocycles. The Hall–Kier alpha value is -1.39. The van der Waals surface area contributed by atoms with Gasteiger partial charge in [-0.3, -0.25) is 4.79 Å². The lowest BCUT2D eigenvalue weighted by atomic mass is 10.1. The van der Waals surface area contributed by atoms with Gasteiger partial charge in [-0.1, -0.05) is 29.8 Å². The first-order valence-corrected chi connectivity index (χ1v) is 6.84. The van der Waals surface area contributed by atoms with Crippen molar-refractivity contribution in [2.75, 3.05) is 6.54 Å². The molecule has 104 valence electrons. The summed E-state index contributed by atoms with van der Waals surface area (Å²) >= 11 is 0. The zero-order valence-corrected chi connectivity index (χ0v) is 11.3. The zero-order valence-electron chi connectivity index (χ0n) is 11.3. The second-order valence-corrected chi connectivity index (χ2v) is 5.44. The Morgan fingerprint density at radius 3 is 2.68 bits per heavy atom. The summed E-state index contributed by atoms with van der Waals surface area (Å²) in [5.41, 5.74) is 7.78. The van der Waals surface area contributed by atoms with E-state index in [2.05, 4.69) is 5.32 Å². The minimum Gasteiger partial charge on any atom is -0.387 e. The monoisotopic (exact) mass is 262 g/mol. The second kappa shape index (κ2) is 6.17. The van der Waals surface area contributed by atoms with Crippen molar-refractivity contribution in [3.05, 3.63) is 35.4 Å². The van der Waals surface area contributed by atoms with E-state index >= 15 is 0 Å². The first kappa shape index (κ1) is 14.0. The van der Waals surface area contributed by atoms with Crippen LogP contribution in [0.15, 0.2) is 24.3 Å². The Kier molecular flexibility index (Phi) is 4.56. The lowest BCUT2D eigenvalue weighted by Gasteiger charge is -2.15. The molecule has 1 aliphatic carbocycles. The summed E-state index contributed by atoms with van der Waals surface area (Å²) in [5, 5.41) is 12.8. The molecule has 0 aromatic heterocycles. The lowest BCUT2D eigenvalue weighted by Crippen LogP contribution is -2.33. The predicted octanol–water partition coefficient (Wildman–Crippen LogP) is 1.27. The summed E-state index contributed by atoms with van der Waals surface area (Å²) < 4.78 is 0. The van der Waals surface area contributed by atoms with Crippen molar-refractivity contribution in [2.24, 2.45) is 11.7 Å². The summed E-state index contributed by atoms with van der Waals surface area (Å²) in [6.07, 6.45) is 1.87. The fraction of sp³-hybridized carbons (Fsp3) is 0.533. The topological polar surface area (TPSA) is 75.3 Å². The number of carbonyl (C=O) groups is 1. The van der Waals surface area contributed by atoms with E-state index in [4.69, 9.17) is 5.73 Å². The molecule has 1 aliphatic rings. The molecule has 4 N–H and O–H groups in total. The molecule has 4 heteroatoms. The molecule has 0 spiro atoms. The SMILES string of the molecule is Cc1ccc(C(O)CNC(=O)C2CCC(N)C2)cc1. The number of hydrogen-bond donors (Lipinski definition) is 3. The van der Waals surface area contributed by atoms with Crippen LogP contribution in [-0.2, 0) is 4.79 Å². The molecular weight excluding hydrogens is 240 g/mol. The number of nitrogens with two attached hydrogens (primary N) is 1. The number of nitrogens with one attached hydrogen (secondary N) is 1. The van der Waals surface area contributed by atoms with Crippen molar-refractivity contribution in [1.29, 1.82) is 0 Å². The molecule has 0 aliphatic heterocycles. The summed E-state index contributed by atoms with van der Waals surface area (Å²) in [7, 11) is 0. The third-order valence-corrected chi connectivity index (χ3v) is 3.78. The Morgan fingerprint density at radius 1 is 1.42 bits per heavy atom. The minimum atomic E-state index is -0.653. The molecule has 1 saturated carbocycles. The van der Waals surface area contributed by atoms with Gasteiger partial charge in [0.15, 0.2) is 0 Å². The summed E-state index contributed by atoms with van der Waals surface area (Å²) in [6, 6.07) is 7.83. The van der Waals surface area contributed by atoms with E-state index in [1.54, 1.807) is 0 Å². The van der Waals surface area contributed by atoms with E-state index in [9.17, 15) is 9.90 Å². The van der Waals surface area contributed by atoms with Crippen LogP contribution in [0.5, 0.6) is 0 Å². The van der Waals surface area contributed by atoms with Gasteiger partial charge in [0.2, 0.25) is 5.91 Å². The van der Waals surface area contributed by atoms with E-state index in [1.165, 1.54) is 0 Å². The highest BCUT2D eigenvalue weighted by Crippen LogP contribution is 2.24. The van der Waals surface area contributed by atoms with Crippen molar-refractivity contribution < 1.29 is 9.90 Å². The van der Waals surface area contributed by atoms with Gasteiger partial charge in [0, 0.05) is 18.5 Å². The summed E-state index contributed by atoms with van der Waals surface area (Å²) in [5.74, 6) is 0.0272. The van der Waals surface area contributed by atoms with Gasteiger partial charge in [-0.05, 0) is 31.7 Å². The van der Waals surface area contributed by atoms with Crippen molar-refractivity contribution in [3.8, 4) is 0 Å². The van der Waals surface area contributed by atoms with Crippen molar-refractivity contribution in [1.82, 2.24) is 5.32 Å². The average Bonchev–Trinajstić information content (AvgIpc) is 2.83. The van der Waals surface area contributed by atoms with Gasteiger partial charge in [0.1, 0.15) is 0 Å². The standard InChI is InChI=1S/C15H22N2O2/c1-10-2-4-11(5-3-10)14(18)9-17-15(19)12-6-7-13(16)8-12/h2-5,12-14,18H,6-9,16H2,1H3,(H,17,19). The van der Waals surface area contributed by atoms with Gasteiger partial charge in [-0.2, -0.15) is 0 Å². The molecule has 1 aromatic carbocycles. The van der Waals surface area contributed by atoms with Crippen LogP contribution in [0.25, 0.3) is 0 Å². The molecule has 2 rings (SSSR count). The minimum absolute atomic E-state index is 0.0131. The fourth-order valence-corrected chi connectivity index (χ4v) is 2.50. The van der Waals surface area contributed by atoms with E-state index < -0.39 is 6.10 Å². The van der Waals surface area contributed by atoms with E-state index in [-0.39, 0.29) is 24.4 Å². The number of aliphatic hydroxyl groups is 1. The molecular formula is C15H22N2O2. The van der Waals surface area contributed by atoms with Gasteiger partial charge in [-0.15, -0.1) is 0 Å². The number of carbonyl (C=O) groups excluding carboxylic acids is 1. The largest absolute Gasteiger partial charge is 0.387 e. The zero-order chi connectivity index (χ0) is 13.8. The van der Waals surface area contributed by atoms with Crippen LogP contribution in [0.1, 0.15) is 36.5 Å². The molecule has 0 heterocycles. The van der Waals surface area contributed by atoms with Crippen LogP contribution in [0.2, 0.25) is 0 Å². The smallest absolute Gasteiger partial charge is 0.223 e.